The Morgan fingerprint density at radius 1 is 1.03 bits per heavy atom. The molecule has 3 aromatic rings. The van der Waals surface area contributed by atoms with Crippen LogP contribution in [0.1, 0.15) is 24.2 Å². The maximum absolute atomic E-state index is 13.2. The van der Waals surface area contributed by atoms with Gasteiger partial charge < -0.3 is 14.6 Å². The molecule has 2 amide bonds. The first kappa shape index (κ1) is 20.5. The predicted octanol–water partition coefficient (Wildman–Crippen LogP) is 5.63. The van der Waals surface area contributed by atoms with Gasteiger partial charge in [0.2, 0.25) is 0 Å². The lowest BCUT2D eigenvalue weighted by atomic mass is 10.0. The standard InChI is InChI=1S/C24H26ClN3O2/c25-22-10-4-5-11-23(22)26-24(29)28(18-21-9-6-16-30-21)20-12-14-27(15-13-20)17-19-7-2-1-3-8-19/h1-11,16,20H,12-15,17-18H2,(H,26,29). The first-order chi connectivity index (χ1) is 14.7. The normalized spacial score (nSPS) is 15.1. The second-order valence-electron chi connectivity index (χ2n) is 7.61. The second kappa shape index (κ2) is 9.83. The lowest BCUT2D eigenvalue weighted by Crippen LogP contribution is -2.48. The number of piperidine rings is 1. The molecule has 30 heavy (non-hydrogen) atoms. The molecule has 0 bridgehead atoms. The molecule has 6 heteroatoms. The Labute approximate surface area is 182 Å². The highest BCUT2D eigenvalue weighted by molar-refractivity contribution is 6.33. The van der Waals surface area contributed by atoms with E-state index in [1.54, 1.807) is 12.3 Å². The molecule has 1 aliphatic heterocycles. The monoisotopic (exact) mass is 423 g/mol. The van der Waals surface area contributed by atoms with Gasteiger partial charge in [-0.3, -0.25) is 4.90 Å². The van der Waals surface area contributed by atoms with Crippen LogP contribution in [-0.4, -0.2) is 35.0 Å². The summed E-state index contributed by atoms with van der Waals surface area (Å²) in [6.07, 6.45) is 3.48. The topological polar surface area (TPSA) is 48.7 Å². The fourth-order valence-electron chi connectivity index (χ4n) is 3.92. The smallest absolute Gasteiger partial charge is 0.322 e. The average Bonchev–Trinajstić information content (AvgIpc) is 3.28. The number of rotatable bonds is 6. The Bertz CT molecular complexity index is 938. The van der Waals surface area contributed by atoms with Gasteiger partial charge in [0.1, 0.15) is 5.76 Å². The van der Waals surface area contributed by atoms with Crippen LogP contribution in [-0.2, 0) is 13.1 Å². The molecule has 5 nitrogen and oxygen atoms in total. The van der Waals surface area contributed by atoms with Gasteiger partial charge in [-0.1, -0.05) is 54.1 Å². The fourth-order valence-corrected chi connectivity index (χ4v) is 4.10. The molecule has 1 fully saturated rings. The Morgan fingerprint density at radius 2 is 1.77 bits per heavy atom. The zero-order valence-electron chi connectivity index (χ0n) is 16.8. The number of amides is 2. The molecule has 0 saturated carbocycles. The van der Waals surface area contributed by atoms with Gasteiger partial charge >= 0.3 is 6.03 Å². The SMILES string of the molecule is O=C(Nc1ccccc1Cl)N(Cc1ccco1)C1CCN(Cc2ccccc2)CC1. The van der Waals surface area contributed by atoms with Crippen LogP contribution in [0.4, 0.5) is 10.5 Å². The van der Waals surface area contributed by atoms with Crippen molar-refractivity contribution in [3.63, 3.8) is 0 Å². The minimum absolute atomic E-state index is 0.143. The second-order valence-corrected chi connectivity index (χ2v) is 8.02. The molecule has 1 aliphatic rings. The summed E-state index contributed by atoms with van der Waals surface area (Å²) < 4.78 is 5.52. The molecule has 4 rings (SSSR count). The van der Waals surface area contributed by atoms with Crippen LogP contribution in [0.15, 0.2) is 77.4 Å². The Hall–Kier alpha value is -2.76. The summed E-state index contributed by atoms with van der Waals surface area (Å²) in [5, 5.41) is 3.50. The summed E-state index contributed by atoms with van der Waals surface area (Å²) in [6, 6.07) is 21.6. The summed E-state index contributed by atoms with van der Waals surface area (Å²) in [4.78, 5) is 17.5. The number of para-hydroxylation sites is 1. The Morgan fingerprint density at radius 3 is 2.47 bits per heavy atom. The maximum Gasteiger partial charge on any atom is 0.322 e. The average molecular weight is 424 g/mol. The van der Waals surface area contributed by atoms with Crippen LogP contribution in [0.2, 0.25) is 5.02 Å². The van der Waals surface area contributed by atoms with Crippen molar-refractivity contribution in [2.24, 2.45) is 0 Å². The summed E-state index contributed by atoms with van der Waals surface area (Å²) >= 11 is 6.24. The third-order valence-electron chi connectivity index (χ3n) is 5.53. The molecule has 0 spiro atoms. The van der Waals surface area contributed by atoms with Crippen LogP contribution < -0.4 is 5.32 Å². The van der Waals surface area contributed by atoms with E-state index in [4.69, 9.17) is 16.0 Å². The zero-order chi connectivity index (χ0) is 20.8. The van der Waals surface area contributed by atoms with Crippen molar-refractivity contribution in [2.45, 2.75) is 32.0 Å². The predicted molar refractivity (Wildman–Crippen MR) is 119 cm³/mol. The van der Waals surface area contributed by atoms with Gasteiger partial charge in [-0.25, -0.2) is 4.79 Å². The van der Waals surface area contributed by atoms with Crippen molar-refractivity contribution >= 4 is 23.3 Å². The Balaban J connectivity index is 1.42. The van der Waals surface area contributed by atoms with Gasteiger partial charge in [0, 0.05) is 25.7 Å². The number of hydrogen-bond acceptors (Lipinski definition) is 3. The van der Waals surface area contributed by atoms with Crippen LogP contribution >= 0.6 is 11.6 Å². The summed E-state index contributed by atoms with van der Waals surface area (Å²) in [7, 11) is 0. The van der Waals surface area contributed by atoms with Crippen molar-refractivity contribution < 1.29 is 9.21 Å². The highest BCUT2D eigenvalue weighted by Crippen LogP contribution is 2.24. The minimum atomic E-state index is -0.152. The number of nitrogens with one attached hydrogen (secondary N) is 1. The largest absolute Gasteiger partial charge is 0.467 e. The molecule has 2 heterocycles. The first-order valence-corrected chi connectivity index (χ1v) is 10.7. The van der Waals surface area contributed by atoms with E-state index in [-0.39, 0.29) is 12.1 Å². The summed E-state index contributed by atoms with van der Waals surface area (Å²) in [6.45, 7) is 3.28. The number of carbonyl (C=O) groups is 1. The lowest BCUT2D eigenvalue weighted by Gasteiger charge is -2.38. The first-order valence-electron chi connectivity index (χ1n) is 10.3. The molecule has 0 radical (unpaired) electrons. The van der Waals surface area contributed by atoms with E-state index in [1.807, 2.05) is 41.3 Å². The number of hydrogen-bond donors (Lipinski definition) is 1. The number of anilines is 1. The van der Waals surface area contributed by atoms with Gasteiger partial charge in [0.25, 0.3) is 0 Å². The molecule has 1 N–H and O–H groups in total. The zero-order valence-corrected chi connectivity index (χ0v) is 17.6. The number of benzene rings is 2. The van der Waals surface area contributed by atoms with Crippen LogP contribution in [0.5, 0.6) is 0 Å². The van der Waals surface area contributed by atoms with E-state index in [1.165, 1.54) is 5.56 Å². The van der Waals surface area contributed by atoms with E-state index in [0.717, 1.165) is 38.2 Å². The maximum atomic E-state index is 13.2. The van der Waals surface area contributed by atoms with E-state index in [0.29, 0.717) is 17.3 Å². The number of nitrogens with zero attached hydrogens (tertiary/aromatic N) is 2. The third kappa shape index (κ3) is 5.23. The van der Waals surface area contributed by atoms with Gasteiger partial charge in [0.05, 0.1) is 23.5 Å². The van der Waals surface area contributed by atoms with Gasteiger partial charge in [-0.15, -0.1) is 0 Å². The van der Waals surface area contributed by atoms with Crippen molar-refractivity contribution in [3.8, 4) is 0 Å². The van der Waals surface area contributed by atoms with Crippen molar-refractivity contribution in [1.29, 1.82) is 0 Å². The number of urea groups is 1. The fraction of sp³-hybridized carbons (Fsp3) is 0.292. The van der Waals surface area contributed by atoms with Crippen LogP contribution in [0, 0.1) is 0 Å². The number of furan rings is 1. The highest BCUT2D eigenvalue weighted by atomic mass is 35.5. The number of halogens is 1. The molecule has 1 aromatic heterocycles. The summed E-state index contributed by atoms with van der Waals surface area (Å²) in [5.41, 5.74) is 1.94. The van der Waals surface area contributed by atoms with E-state index in [9.17, 15) is 4.79 Å². The molecule has 0 atom stereocenters. The van der Waals surface area contributed by atoms with Crippen LogP contribution in [0.3, 0.4) is 0 Å². The van der Waals surface area contributed by atoms with Gasteiger partial charge in [0.15, 0.2) is 0 Å². The number of likely N-dealkylation sites (tertiary alicyclic amines) is 1. The van der Waals surface area contributed by atoms with E-state index in [2.05, 4.69) is 34.5 Å². The van der Waals surface area contributed by atoms with Gasteiger partial charge in [-0.2, -0.15) is 0 Å². The highest BCUT2D eigenvalue weighted by Gasteiger charge is 2.29. The molecule has 1 saturated heterocycles. The minimum Gasteiger partial charge on any atom is -0.467 e. The molecular weight excluding hydrogens is 398 g/mol. The Kier molecular flexibility index (Phi) is 6.72. The molecule has 2 aromatic carbocycles. The lowest BCUT2D eigenvalue weighted by molar-refractivity contribution is 0.115. The van der Waals surface area contributed by atoms with Gasteiger partial charge in [-0.05, 0) is 42.7 Å². The molecular formula is C24H26ClN3O2. The van der Waals surface area contributed by atoms with Crippen molar-refractivity contribution in [1.82, 2.24) is 9.80 Å². The summed E-state index contributed by atoms with van der Waals surface area (Å²) in [5.74, 6) is 0.774. The van der Waals surface area contributed by atoms with E-state index < -0.39 is 0 Å². The molecule has 156 valence electrons. The van der Waals surface area contributed by atoms with Crippen LogP contribution in [0.25, 0.3) is 0 Å². The van der Waals surface area contributed by atoms with Crippen molar-refractivity contribution in [2.75, 3.05) is 18.4 Å². The molecule has 0 unspecified atom stereocenters. The van der Waals surface area contributed by atoms with E-state index >= 15 is 0 Å². The molecule has 0 aliphatic carbocycles. The number of carbonyl (C=O) groups excluding carboxylic acids is 1. The third-order valence-corrected chi connectivity index (χ3v) is 5.86. The van der Waals surface area contributed by atoms with Crippen molar-refractivity contribution in [3.05, 3.63) is 89.3 Å². The quantitative estimate of drug-likeness (QED) is 0.558.